The molecule has 0 saturated heterocycles. The molecule has 7 heteroatoms. The smallest absolute Gasteiger partial charge is 0.248 e. The van der Waals surface area contributed by atoms with Crippen LogP contribution in [0.25, 0.3) is 0 Å². The summed E-state index contributed by atoms with van der Waals surface area (Å²) in [6.07, 6.45) is 1.85. The fourth-order valence-corrected chi connectivity index (χ4v) is 4.20. The Kier molecular flexibility index (Phi) is 4.75. The molecule has 0 bridgehead atoms. The van der Waals surface area contributed by atoms with Gasteiger partial charge in [0.05, 0.1) is 11.9 Å². The van der Waals surface area contributed by atoms with E-state index in [1.165, 1.54) is 6.07 Å². The maximum Gasteiger partial charge on any atom is 0.248 e. The van der Waals surface area contributed by atoms with Crippen molar-refractivity contribution in [3.8, 4) is 0 Å². The highest BCUT2D eigenvalue weighted by Crippen LogP contribution is 2.32. The van der Waals surface area contributed by atoms with Crippen molar-refractivity contribution < 1.29 is 13.2 Å². The van der Waals surface area contributed by atoms with Gasteiger partial charge in [-0.2, -0.15) is 0 Å². The van der Waals surface area contributed by atoms with E-state index >= 15 is 0 Å². The van der Waals surface area contributed by atoms with E-state index < -0.39 is 10.0 Å². The number of fused-ring (bicyclic) bond motifs is 1. The molecule has 0 unspecified atom stereocenters. The Morgan fingerprint density at radius 1 is 1.24 bits per heavy atom. The van der Waals surface area contributed by atoms with Gasteiger partial charge in [0.15, 0.2) is 0 Å². The van der Waals surface area contributed by atoms with Crippen LogP contribution in [0.5, 0.6) is 0 Å². The monoisotopic (exact) mass is 378 g/mol. The van der Waals surface area contributed by atoms with Crippen LogP contribution in [0.2, 0.25) is 5.02 Å². The summed E-state index contributed by atoms with van der Waals surface area (Å²) in [5.41, 5.74) is 2.32. The predicted octanol–water partition coefficient (Wildman–Crippen LogP) is 3.08. The van der Waals surface area contributed by atoms with Crippen LogP contribution in [0.15, 0.2) is 48.5 Å². The van der Waals surface area contributed by atoms with E-state index in [4.69, 9.17) is 11.6 Å². The molecule has 0 N–H and O–H groups in total. The molecule has 0 fully saturated rings. The number of carbonyl (C=O) groups excluding carboxylic acids is 1. The summed E-state index contributed by atoms with van der Waals surface area (Å²) in [6, 6.07) is 14.2. The first-order chi connectivity index (χ1) is 11.8. The molecule has 0 spiro atoms. The van der Waals surface area contributed by atoms with Crippen molar-refractivity contribution in [2.24, 2.45) is 0 Å². The molecule has 25 heavy (non-hydrogen) atoms. The van der Waals surface area contributed by atoms with Crippen molar-refractivity contribution in [2.75, 3.05) is 22.0 Å². The van der Waals surface area contributed by atoms with Crippen LogP contribution in [0.4, 0.5) is 11.4 Å². The second-order valence-electron chi connectivity index (χ2n) is 6.20. The molecule has 3 rings (SSSR count). The second-order valence-corrected chi connectivity index (χ2v) is 8.54. The van der Waals surface area contributed by atoms with Crippen LogP contribution in [0.3, 0.4) is 0 Å². The van der Waals surface area contributed by atoms with Gasteiger partial charge in [0.1, 0.15) is 6.54 Å². The molecule has 5 nitrogen and oxygen atoms in total. The largest absolute Gasteiger partial charge is 0.307 e. The minimum Gasteiger partial charge on any atom is -0.307 e. The van der Waals surface area contributed by atoms with Gasteiger partial charge in [0.25, 0.3) is 0 Å². The van der Waals surface area contributed by atoms with Gasteiger partial charge in [0.2, 0.25) is 15.9 Å². The van der Waals surface area contributed by atoms with Crippen LogP contribution in [-0.4, -0.2) is 33.2 Å². The van der Waals surface area contributed by atoms with Gasteiger partial charge in [-0.15, -0.1) is 0 Å². The maximum atomic E-state index is 12.9. The minimum atomic E-state index is -3.63. The highest BCUT2D eigenvalue weighted by Gasteiger charge is 2.33. The second kappa shape index (κ2) is 6.69. The number of sulfonamides is 1. The number of rotatable bonds is 4. The fraction of sp³-hybridized carbons (Fsp3) is 0.278. The topological polar surface area (TPSA) is 57.7 Å². The Bertz CT molecular complexity index is 914. The number of carbonyl (C=O) groups is 1. The van der Waals surface area contributed by atoms with Gasteiger partial charge in [-0.3, -0.25) is 9.10 Å². The van der Waals surface area contributed by atoms with E-state index in [1.54, 1.807) is 23.1 Å². The van der Waals surface area contributed by atoms with Crippen molar-refractivity contribution >= 4 is 38.9 Å². The van der Waals surface area contributed by atoms with Crippen LogP contribution in [0, 0.1) is 0 Å². The van der Waals surface area contributed by atoms with Crippen LogP contribution >= 0.6 is 11.6 Å². The van der Waals surface area contributed by atoms with E-state index in [0.717, 1.165) is 28.2 Å². The maximum absolute atomic E-state index is 12.9. The van der Waals surface area contributed by atoms with Crippen LogP contribution in [0.1, 0.15) is 12.5 Å². The van der Waals surface area contributed by atoms with Gasteiger partial charge in [-0.1, -0.05) is 35.9 Å². The SMILES string of the molecule is C[C@H]1Cc2ccccc2N1C(=O)CN(c1cccc(Cl)c1)S(C)(=O)=O. The zero-order chi connectivity index (χ0) is 18.2. The molecule has 1 amide bonds. The lowest BCUT2D eigenvalue weighted by molar-refractivity contribution is -0.117. The van der Waals surface area contributed by atoms with Crippen molar-refractivity contribution in [1.82, 2.24) is 0 Å². The molecule has 0 radical (unpaired) electrons. The van der Waals surface area contributed by atoms with Gasteiger partial charge in [0, 0.05) is 16.8 Å². The average Bonchev–Trinajstić information content (AvgIpc) is 2.87. The predicted molar refractivity (Wildman–Crippen MR) is 101 cm³/mol. The third-order valence-electron chi connectivity index (χ3n) is 4.25. The summed E-state index contributed by atoms with van der Waals surface area (Å²) in [4.78, 5) is 14.6. The summed E-state index contributed by atoms with van der Waals surface area (Å²) < 4.78 is 25.6. The molecule has 2 aromatic rings. The Morgan fingerprint density at radius 3 is 2.64 bits per heavy atom. The Morgan fingerprint density at radius 2 is 1.96 bits per heavy atom. The number of benzene rings is 2. The number of hydrogen-bond acceptors (Lipinski definition) is 3. The number of nitrogens with zero attached hydrogens (tertiary/aromatic N) is 2. The highest BCUT2D eigenvalue weighted by atomic mass is 35.5. The first-order valence-electron chi connectivity index (χ1n) is 7.90. The Balaban J connectivity index is 1.92. The minimum absolute atomic E-state index is 0.00864. The molecular formula is C18H19ClN2O3S. The van der Waals surface area contributed by atoms with Crippen LogP contribution in [-0.2, 0) is 21.2 Å². The lowest BCUT2D eigenvalue weighted by Crippen LogP contribution is -2.45. The first-order valence-corrected chi connectivity index (χ1v) is 10.1. The summed E-state index contributed by atoms with van der Waals surface area (Å²) in [6.45, 7) is 1.69. The van der Waals surface area contributed by atoms with E-state index in [0.29, 0.717) is 10.7 Å². The van der Waals surface area contributed by atoms with Gasteiger partial charge in [-0.25, -0.2) is 8.42 Å². The van der Waals surface area contributed by atoms with Crippen molar-refractivity contribution in [3.05, 3.63) is 59.1 Å². The normalized spacial score (nSPS) is 16.6. The zero-order valence-electron chi connectivity index (χ0n) is 14.0. The number of hydrogen-bond donors (Lipinski definition) is 0. The molecule has 0 aromatic heterocycles. The van der Waals surface area contributed by atoms with Crippen molar-refractivity contribution in [1.29, 1.82) is 0 Å². The lowest BCUT2D eigenvalue weighted by Gasteiger charge is -2.28. The fourth-order valence-electron chi connectivity index (χ4n) is 3.18. The van der Waals surface area contributed by atoms with Gasteiger partial charge >= 0.3 is 0 Å². The quantitative estimate of drug-likeness (QED) is 0.821. The van der Waals surface area contributed by atoms with Crippen molar-refractivity contribution in [2.45, 2.75) is 19.4 Å². The van der Waals surface area contributed by atoms with E-state index in [9.17, 15) is 13.2 Å². The molecule has 0 aliphatic carbocycles. The molecular weight excluding hydrogens is 360 g/mol. The van der Waals surface area contributed by atoms with Crippen molar-refractivity contribution in [3.63, 3.8) is 0 Å². The van der Waals surface area contributed by atoms with E-state index in [2.05, 4.69) is 0 Å². The lowest BCUT2D eigenvalue weighted by atomic mass is 10.1. The molecule has 1 aliphatic heterocycles. The number of amides is 1. The highest BCUT2D eigenvalue weighted by molar-refractivity contribution is 7.92. The van der Waals surface area contributed by atoms with Crippen LogP contribution < -0.4 is 9.21 Å². The standard InChI is InChI=1S/C18H19ClN2O3S/c1-13-10-14-6-3-4-9-17(14)21(13)18(22)12-20(25(2,23)24)16-8-5-7-15(19)11-16/h3-9,11,13H,10,12H2,1-2H3/t13-/m0/s1. The Labute approximate surface area is 152 Å². The number of halogens is 1. The molecule has 1 heterocycles. The van der Waals surface area contributed by atoms with Gasteiger partial charge in [-0.05, 0) is 43.2 Å². The first kappa shape index (κ1) is 17.8. The summed E-state index contributed by atoms with van der Waals surface area (Å²) in [7, 11) is -3.63. The third kappa shape index (κ3) is 3.65. The number of anilines is 2. The molecule has 1 atom stereocenters. The summed E-state index contributed by atoms with van der Waals surface area (Å²) >= 11 is 5.98. The molecule has 2 aromatic carbocycles. The molecule has 0 saturated carbocycles. The summed E-state index contributed by atoms with van der Waals surface area (Å²) in [5, 5.41) is 0.415. The zero-order valence-corrected chi connectivity index (χ0v) is 15.6. The molecule has 1 aliphatic rings. The van der Waals surface area contributed by atoms with E-state index in [1.807, 2.05) is 31.2 Å². The molecule has 132 valence electrons. The van der Waals surface area contributed by atoms with E-state index in [-0.39, 0.29) is 18.5 Å². The van der Waals surface area contributed by atoms with Gasteiger partial charge < -0.3 is 4.90 Å². The third-order valence-corrected chi connectivity index (χ3v) is 5.63. The average molecular weight is 379 g/mol. The number of para-hydroxylation sites is 1. The summed E-state index contributed by atoms with van der Waals surface area (Å²) in [5.74, 6) is -0.261. The Hall–Kier alpha value is -2.05.